The normalized spacial score (nSPS) is 10.8. The number of furan rings is 1. The SMILES string of the molecule is Cc1oc(C)c(C(=O)OCc2cc(-c3ccc(Cl)cc3)no2)c1C. The number of benzene rings is 1. The zero-order chi connectivity index (χ0) is 17.3. The van der Waals surface area contributed by atoms with Crippen LogP contribution < -0.4 is 0 Å². The number of hydrogen-bond donors (Lipinski definition) is 0. The molecule has 2 aromatic heterocycles. The molecule has 0 aliphatic carbocycles. The van der Waals surface area contributed by atoms with Gasteiger partial charge in [0.2, 0.25) is 0 Å². The first-order chi connectivity index (χ1) is 11.5. The van der Waals surface area contributed by atoms with Crippen LogP contribution in [-0.2, 0) is 11.3 Å². The van der Waals surface area contributed by atoms with Gasteiger partial charge < -0.3 is 13.7 Å². The summed E-state index contributed by atoms with van der Waals surface area (Å²) in [5.41, 5.74) is 2.78. The topological polar surface area (TPSA) is 65.5 Å². The van der Waals surface area contributed by atoms with E-state index >= 15 is 0 Å². The highest BCUT2D eigenvalue weighted by Crippen LogP contribution is 2.24. The minimum atomic E-state index is -0.439. The minimum absolute atomic E-state index is 0.00251. The summed E-state index contributed by atoms with van der Waals surface area (Å²) in [5.74, 6) is 1.29. The first-order valence-corrected chi connectivity index (χ1v) is 7.78. The highest BCUT2D eigenvalue weighted by molar-refractivity contribution is 6.30. The number of rotatable bonds is 4. The van der Waals surface area contributed by atoms with Crippen LogP contribution in [0, 0.1) is 20.8 Å². The van der Waals surface area contributed by atoms with E-state index in [9.17, 15) is 4.79 Å². The molecule has 0 aliphatic heterocycles. The van der Waals surface area contributed by atoms with Crippen LogP contribution in [0.5, 0.6) is 0 Å². The van der Waals surface area contributed by atoms with Gasteiger partial charge >= 0.3 is 5.97 Å². The Kier molecular flexibility index (Phi) is 4.44. The van der Waals surface area contributed by atoms with Gasteiger partial charge in [0.05, 0.1) is 0 Å². The van der Waals surface area contributed by atoms with E-state index < -0.39 is 5.97 Å². The lowest BCUT2D eigenvalue weighted by atomic mass is 10.1. The summed E-state index contributed by atoms with van der Waals surface area (Å²) in [5, 5.41) is 4.63. The van der Waals surface area contributed by atoms with Gasteiger partial charge in [0.15, 0.2) is 12.4 Å². The van der Waals surface area contributed by atoms with E-state index in [1.807, 2.05) is 26.0 Å². The summed E-state index contributed by atoms with van der Waals surface area (Å²) >= 11 is 5.87. The summed E-state index contributed by atoms with van der Waals surface area (Å²) in [6.45, 7) is 5.38. The molecule has 5 nitrogen and oxygen atoms in total. The van der Waals surface area contributed by atoms with Crippen molar-refractivity contribution in [3.8, 4) is 11.3 Å². The lowest BCUT2D eigenvalue weighted by molar-refractivity contribution is 0.0434. The van der Waals surface area contributed by atoms with Gasteiger partial charge in [-0.2, -0.15) is 0 Å². The fourth-order valence-electron chi connectivity index (χ4n) is 2.44. The summed E-state index contributed by atoms with van der Waals surface area (Å²) in [4.78, 5) is 12.2. The van der Waals surface area contributed by atoms with E-state index in [1.54, 1.807) is 25.1 Å². The largest absolute Gasteiger partial charge is 0.465 e. The van der Waals surface area contributed by atoms with Gasteiger partial charge in [0.25, 0.3) is 0 Å². The van der Waals surface area contributed by atoms with Gasteiger partial charge in [-0.1, -0.05) is 28.9 Å². The predicted octanol–water partition coefficient (Wildman–Crippen LogP) is 4.87. The molecular formula is C18H16ClNO4. The number of hydrogen-bond acceptors (Lipinski definition) is 5. The molecule has 0 N–H and O–H groups in total. The highest BCUT2D eigenvalue weighted by atomic mass is 35.5. The Balaban J connectivity index is 1.69. The van der Waals surface area contributed by atoms with Crippen molar-refractivity contribution in [2.24, 2.45) is 0 Å². The molecule has 0 atom stereocenters. The number of carbonyl (C=O) groups is 1. The zero-order valence-corrected chi connectivity index (χ0v) is 14.3. The fraction of sp³-hybridized carbons (Fsp3) is 0.222. The molecule has 3 aromatic rings. The molecular weight excluding hydrogens is 330 g/mol. The number of nitrogens with zero attached hydrogens (tertiary/aromatic N) is 1. The molecule has 0 aliphatic rings. The van der Waals surface area contributed by atoms with Crippen molar-refractivity contribution < 1.29 is 18.5 Å². The molecule has 1 aromatic carbocycles. The van der Waals surface area contributed by atoms with Crippen LogP contribution in [0.3, 0.4) is 0 Å². The van der Waals surface area contributed by atoms with Gasteiger partial charge in [-0.3, -0.25) is 0 Å². The second kappa shape index (κ2) is 6.53. The summed E-state index contributed by atoms with van der Waals surface area (Å²) in [6, 6.07) is 8.97. The molecule has 0 unspecified atom stereocenters. The summed E-state index contributed by atoms with van der Waals surface area (Å²) in [6.07, 6.45) is 0. The first-order valence-electron chi connectivity index (χ1n) is 7.41. The standard InChI is InChI=1S/C18H16ClNO4/c1-10-11(2)23-12(3)17(10)18(21)22-9-15-8-16(20-24-15)13-4-6-14(19)7-5-13/h4-8H,9H2,1-3H3. The monoisotopic (exact) mass is 345 g/mol. The highest BCUT2D eigenvalue weighted by Gasteiger charge is 2.20. The minimum Gasteiger partial charge on any atom is -0.465 e. The fourth-order valence-corrected chi connectivity index (χ4v) is 2.57. The molecule has 0 fully saturated rings. The Hall–Kier alpha value is -2.53. The molecule has 0 saturated heterocycles. The lowest BCUT2D eigenvalue weighted by Gasteiger charge is -2.02. The molecule has 0 spiro atoms. The van der Waals surface area contributed by atoms with Crippen molar-refractivity contribution in [3.63, 3.8) is 0 Å². The number of carbonyl (C=O) groups excluding carboxylic acids is 1. The lowest BCUT2D eigenvalue weighted by Crippen LogP contribution is -2.06. The van der Waals surface area contributed by atoms with Crippen LogP contribution in [0.15, 0.2) is 39.3 Å². The molecule has 2 heterocycles. The van der Waals surface area contributed by atoms with Gasteiger partial charge in [-0.15, -0.1) is 0 Å². The third-order valence-corrected chi connectivity index (χ3v) is 4.06. The average molecular weight is 346 g/mol. The summed E-state index contributed by atoms with van der Waals surface area (Å²) in [7, 11) is 0. The molecule has 0 saturated carbocycles. The Labute approximate surface area is 144 Å². The van der Waals surface area contributed by atoms with E-state index in [2.05, 4.69) is 5.16 Å². The van der Waals surface area contributed by atoms with Crippen molar-refractivity contribution in [2.75, 3.05) is 0 Å². The van der Waals surface area contributed by atoms with Crippen LogP contribution in [0.4, 0.5) is 0 Å². The van der Waals surface area contributed by atoms with Crippen LogP contribution in [-0.4, -0.2) is 11.1 Å². The smallest absolute Gasteiger partial charge is 0.342 e. The number of aryl methyl sites for hydroxylation is 2. The van der Waals surface area contributed by atoms with Gasteiger partial charge in [-0.05, 0) is 32.9 Å². The van der Waals surface area contributed by atoms with Crippen molar-refractivity contribution in [2.45, 2.75) is 27.4 Å². The van der Waals surface area contributed by atoms with Crippen LogP contribution in [0.2, 0.25) is 5.02 Å². The molecule has 124 valence electrons. The van der Waals surface area contributed by atoms with E-state index in [4.69, 9.17) is 25.3 Å². The predicted molar refractivity (Wildman–Crippen MR) is 89.0 cm³/mol. The third-order valence-electron chi connectivity index (χ3n) is 3.81. The van der Waals surface area contributed by atoms with Crippen LogP contribution in [0.25, 0.3) is 11.3 Å². The maximum atomic E-state index is 12.2. The molecule has 3 rings (SSSR count). The van der Waals surface area contributed by atoms with Gasteiger partial charge in [0.1, 0.15) is 22.8 Å². The van der Waals surface area contributed by atoms with Crippen molar-refractivity contribution in [3.05, 3.63) is 63.8 Å². The Morgan fingerprint density at radius 3 is 2.50 bits per heavy atom. The maximum Gasteiger partial charge on any atom is 0.342 e. The Morgan fingerprint density at radius 1 is 1.17 bits per heavy atom. The van der Waals surface area contributed by atoms with E-state index in [0.717, 1.165) is 11.1 Å². The number of halogens is 1. The van der Waals surface area contributed by atoms with Crippen molar-refractivity contribution in [1.82, 2.24) is 5.16 Å². The van der Waals surface area contributed by atoms with E-state index in [1.165, 1.54) is 0 Å². The number of ether oxygens (including phenoxy) is 1. The second-order valence-electron chi connectivity index (χ2n) is 5.48. The Morgan fingerprint density at radius 2 is 1.88 bits per heavy atom. The second-order valence-corrected chi connectivity index (χ2v) is 5.91. The van der Waals surface area contributed by atoms with Gasteiger partial charge in [0, 0.05) is 22.2 Å². The van der Waals surface area contributed by atoms with Crippen molar-refractivity contribution in [1.29, 1.82) is 0 Å². The Bertz CT molecular complexity index is 877. The van der Waals surface area contributed by atoms with Crippen LogP contribution >= 0.6 is 11.6 Å². The molecule has 0 radical (unpaired) electrons. The van der Waals surface area contributed by atoms with E-state index in [-0.39, 0.29) is 6.61 Å². The molecule has 24 heavy (non-hydrogen) atoms. The maximum absolute atomic E-state index is 12.2. The molecule has 0 amide bonds. The third kappa shape index (κ3) is 3.21. The van der Waals surface area contributed by atoms with E-state index in [0.29, 0.717) is 33.6 Å². The first kappa shape index (κ1) is 16.3. The van der Waals surface area contributed by atoms with Gasteiger partial charge in [-0.25, -0.2) is 4.79 Å². The zero-order valence-electron chi connectivity index (χ0n) is 13.6. The number of esters is 1. The molecule has 6 heteroatoms. The molecule has 0 bridgehead atoms. The quantitative estimate of drug-likeness (QED) is 0.631. The van der Waals surface area contributed by atoms with Crippen LogP contribution in [0.1, 0.15) is 33.2 Å². The average Bonchev–Trinajstić information content (AvgIpc) is 3.11. The number of aromatic nitrogens is 1. The van der Waals surface area contributed by atoms with Crippen molar-refractivity contribution >= 4 is 17.6 Å². The summed E-state index contributed by atoms with van der Waals surface area (Å²) < 4.78 is 16.0.